The van der Waals surface area contributed by atoms with E-state index in [2.05, 4.69) is 66.8 Å². The molecule has 2 aromatic rings. The van der Waals surface area contributed by atoms with E-state index in [-0.39, 0.29) is 0 Å². The summed E-state index contributed by atoms with van der Waals surface area (Å²) < 4.78 is 0. The molecule has 1 heteroatoms. The van der Waals surface area contributed by atoms with Gasteiger partial charge >= 0.3 is 0 Å². The predicted molar refractivity (Wildman–Crippen MR) is 72.9 cm³/mol. The fraction of sp³-hybridized carbons (Fsp3) is 0.125. The average molecular weight is 221 g/mol. The lowest BCUT2D eigenvalue weighted by Crippen LogP contribution is -1.98. The maximum absolute atomic E-state index is 3.53. The summed E-state index contributed by atoms with van der Waals surface area (Å²) in [5.74, 6) is 0. The molecule has 1 nitrogen and oxygen atoms in total. The first kappa shape index (κ1) is 10.2. The SMILES string of the molecule is Cc1ccccc1NC1=CCc2ccccc21. The van der Waals surface area contributed by atoms with E-state index in [0.29, 0.717) is 0 Å². The van der Waals surface area contributed by atoms with Crippen LogP contribution >= 0.6 is 0 Å². The molecule has 0 radical (unpaired) electrons. The summed E-state index contributed by atoms with van der Waals surface area (Å²) in [6, 6.07) is 17.0. The van der Waals surface area contributed by atoms with Gasteiger partial charge in [0.2, 0.25) is 0 Å². The predicted octanol–water partition coefficient (Wildman–Crippen LogP) is 4.00. The third kappa shape index (κ3) is 1.84. The van der Waals surface area contributed by atoms with Gasteiger partial charge in [-0.3, -0.25) is 0 Å². The lowest BCUT2D eigenvalue weighted by atomic mass is 10.1. The van der Waals surface area contributed by atoms with Crippen molar-refractivity contribution >= 4 is 11.4 Å². The van der Waals surface area contributed by atoms with Gasteiger partial charge in [0.25, 0.3) is 0 Å². The smallest absolute Gasteiger partial charge is 0.0423 e. The van der Waals surface area contributed by atoms with Crippen molar-refractivity contribution in [2.75, 3.05) is 5.32 Å². The average Bonchev–Trinajstić information content (AvgIpc) is 2.76. The number of allylic oxidation sites excluding steroid dienone is 1. The maximum atomic E-state index is 3.53. The Morgan fingerprint density at radius 3 is 2.59 bits per heavy atom. The van der Waals surface area contributed by atoms with Crippen LogP contribution in [0.4, 0.5) is 5.69 Å². The van der Waals surface area contributed by atoms with Crippen molar-refractivity contribution in [1.82, 2.24) is 0 Å². The van der Waals surface area contributed by atoms with Crippen LogP contribution in [0.25, 0.3) is 5.70 Å². The van der Waals surface area contributed by atoms with Gasteiger partial charge in [-0.25, -0.2) is 0 Å². The van der Waals surface area contributed by atoms with Gasteiger partial charge in [0, 0.05) is 16.9 Å². The van der Waals surface area contributed by atoms with Crippen molar-refractivity contribution in [2.24, 2.45) is 0 Å². The molecule has 84 valence electrons. The third-order valence-corrected chi connectivity index (χ3v) is 3.25. The highest BCUT2D eigenvalue weighted by molar-refractivity contribution is 5.82. The Morgan fingerprint density at radius 1 is 0.941 bits per heavy atom. The van der Waals surface area contributed by atoms with E-state index in [9.17, 15) is 0 Å². The van der Waals surface area contributed by atoms with Crippen LogP contribution in [0, 0.1) is 6.92 Å². The number of aryl methyl sites for hydroxylation is 1. The van der Waals surface area contributed by atoms with Gasteiger partial charge in [-0.15, -0.1) is 0 Å². The van der Waals surface area contributed by atoms with Gasteiger partial charge < -0.3 is 5.32 Å². The first-order valence-electron chi connectivity index (χ1n) is 5.96. The van der Waals surface area contributed by atoms with Crippen molar-refractivity contribution in [2.45, 2.75) is 13.3 Å². The summed E-state index contributed by atoms with van der Waals surface area (Å²) >= 11 is 0. The van der Waals surface area contributed by atoms with Crippen LogP contribution in [0.3, 0.4) is 0 Å². The first-order valence-corrected chi connectivity index (χ1v) is 5.96. The Hall–Kier alpha value is -2.02. The molecule has 1 N–H and O–H groups in total. The van der Waals surface area contributed by atoms with Crippen molar-refractivity contribution in [3.8, 4) is 0 Å². The molecule has 0 heterocycles. The Labute approximate surface area is 102 Å². The molecule has 2 aromatic carbocycles. The lowest BCUT2D eigenvalue weighted by molar-refractivity contribution is 1.31. The summed E-state index contributed by atoms with van der Waals surface area (Å²) in [4.78, 5) is 0. The summed E-state index contributed by atoms with van der Waals surface area (Å²) in [6.45, 7) is 2.13. The molecular weight excluding hydrogens is 206 g/mol. The van der Waals surface area contributed by atoms with Gasteiger partial charge in [0.15, 0.2) is 0 Å². The molecule has 0 spiro atoms. The Morgan fingerprint density at radius 2 is 1.71 bits per heavy atom. The molecule has 0 bridgehead atoms. The standard InChI is InChI=1S/C16H15N/c1-12-6-2-5-9-15(12)17-16-11-10-13-7-3-4-8-14(13)16/h2-9,11,17H,10H2,1H3. The van der Waals surface area contributed by atoms with Gasteiger partial charge in [-0.1, -0.05) is 48.5 Å². The van der Waals surface area contributed by atoms with Crippen LogP contribution < -0.4 is 5.32 Å². The summed E-state index contributed by atoms with van der Waals surface area (Å²) in [5, 5.41) is 3.53. The van der Waals surface area contributed by atoms with Gasteiger partial charge in [-0.2, -0.15) is 0 Å². The topological polar surface area (TPSA) is 12.0 Å². The van der Waals surface area contributed by atoms with E-state index in [1.165, 1.54) is 28.1 Å². The molecule has 0 atom stereocenters. The minimum Gasteiger partial charge on any atom is -0.355 e. The zero-order valence-corrected chi connectivity index (χ0v) is 9.90. The molecular formula is C16H15N. The van der Waals surface area contributed by atoms with Crippen LogP contribution in [0.2, 0.25) is 0 Å². The molecule has 0 saturated carbocycles. The van der Waals surface area contributed by atoms with Crippen molar-refractivity contribution in [1.29, 1.82) is 0 Å². The lowest BCUT2D eigenvalue weighted by Gasteiger charge is -2.11. The quantitative estimate of drug-likeness (QED) is 0.808. The number of benzene rings is 2. The number of hydrogen-bond acceptors (Lipinski definition) is 1. The molecule has 0 amide bonds. The number of para-hydroxylation sites is 1. The summed E-state index contributed by atoms with van der Waals surface area (Å²) in [6.07, 6.45) is 3.29. The second-order valence-corrected chi connectivity index (χ2v) is 4.42. The highest BCUT2D eigenvalue weighted by atomic mass is 14.9. The number of hydrogen-bond donors (Lipinski definition) is 1. The minimum atomic E-state index is 1.03. The van der Waals surface area contributed by atoms with Crippen LogP contribution in [0.1, 0.15) is 16.7 Å². The van der Waals surface area contributed by atoms with E-state index >= 15 is 0 Å². The fourth-order valence-electron chi connectivity index (χ4n) is 2.26. The Bertz CT molecular complexity index is 582. The maximum Gasteiger partial charge on any atom is 0.0423 e. The van der Waals surface area contributed by atoms with Crippen LogP contribution in [0.5, 0.6) is 0 Å². The second-order valence-electron chi connectivity index (χ2n) is 4.42. The second kappa shape index (κ2) is 4.10. The fourth-order valence-corrected chi connectivity index (χ4v) is 2.26. The number of nitrogens with one attached hydrogen (secondary N) is 1. The number of fused-ring (bicyclic) bond motifs is 1. The number of rotatable bonds is 2. The zero-order chi connectivity index (χ0) is 11.7. The molecule has 3 rings (SSSR count). The Kier molecular flexibility index (Phi) is 2.45. The molecule has 1 aliphatic rings. The molecule has 1 aliphatic carbocycles. The number of anilines is 1. The van der Waals surface area contributed by atoms with Crippen molar-refractivity contribution < 1.29 is 0 Å². The first-order chi connectivity index (χ1) is 8.34. The largest absolute Gasteiger partial charge is 0.355 e. The normalized spacial score (nSPS) is 13.1. The highest BCUT2D eigenvalue weighted by Gasteiger charge is 2.13. The third-order valence-electron chi connectivity index (χ3n) is 3.25. The van der Waals surface area contributed by atoms with Gasteiger partial charge in [0.05, 0.1) is 0 Å². The Balaban J connectivity index is 1.92. The van der Waals surface area contributed by atoms with Gasteiger partial charge in [-0.05, 0) is 30.5 Å². The highest BCUT2D eigenvalue weighted by Crippen LogP contribution is 2.29. The molecule has 0 unspecified atom stereocenters. The monoisotopic (exact) mass is 221 g/mol. The van der Waals surface area contributed by atoms with E-state index in [4.69, 9.17) is 0 Å². The summed E-state index contributed by atoms with van der Waals surface area (Å²) in [7, 11) is 0. The molecule has 0 aliphatic heterocycles. The van der Waals surface area contributed by atoms with Crippen LogP contribution in [0.15, 0.2) is 54.6 Å². The van der Waals surface area contributed by atoms with Gasteiger partial charge in [0.1, 0.15) is 0 Å². The molecule has 0 fully saturated rings. The van der Waals surface area contributed by atoms with E-state index in [1.807, 2.05) is 0 Å². The zero-order valence-electron chi connectivity index (χ0n) is 9.90. The van der Waals surface area contributed by atoms with E-state index in [0.717, 1.165) is 6.42 Å². The minimum absolute atomic E-state index is 1.03. The van der Waals surface area contributed by atoms with Crippen molar-refractivity contribution in [3.63, 3.8) is 0 Å². The van der Waals surface area contributed by atoms with E-state index < -0.39 is 0 Å². The van der Waals surface area contributed by atoms with E-state index in [1.54, 1.807) is 0 Å². The van der Waals surface area contributed by atoms with Crippen LogP contribution in [-0.2, 0) is 6.42 Å². The molecule has 0 aromatic heterocycles. The molecule has 17 heavy (non-hydrogen) atoms. The molecule has 0 saturated heterocycles. The van der Waals surface area contributed by atoms with Crippen LogP contribution in [-0.4, -0.2) is 0 Å². The van der Waals surface area contributed by atoms with Crippen molar-refractivity contribution in [3.05, 3.63) is 71.3 Å². The summed E-state index contributed by atoms with van der Waals surface area (Å²) in [5.41, 5.74) is 6.43.